The molecule has 0 fully saturated rings. The molecule has 5 atom stereocenters. The van der Waals surface area contributed by atoms with Crippen LogP contribution in [0.15, 0.2) is 72.9 Å². The Labute approximate surface area is 596 Å². The average Bonchev–Trinajstić information content (AvgIpc) is 0.966. The number of ether oxygens (including phenoxy) is 4. The van der Waals surface area contributed by atoms with Crippen LogP contribution in [0.1, 0.15) is 349 Å². The zero-order valence-electron chi connectivity index (χ0n) is 62.2. The molecule has 3 N–H and O–H groups in total. The molecule has 0 saturated heterocycles. The molecule has 98 heavy (non-hydrogen) atoms. The summed E-state index contributed by atoms with van der Waals surface area (Å²) >= 11 is 0. The first kappa shape index (κ1) is 94.5. The lowest BCUT2D eigenvalue weighted by Crippen LogP contribution is -2.30. The first-order valence-corrected chi connectivity index (χ1v) is 42.2. The van der Waals surface area contributed by atoms with Crippen LogP contribution < -0.4 is 0 Å². The maximum atomic E-state index is 13.1. The van der Waals surface area contributed by atoms with Gasteiger partial charge in [-0.3, -0.25) is 37.3 Å². The highest BCUT2D eigenvalue weighted by Crippen LogP contribution is 2.45. The number of rotatable bonds is 74. The molecule has 0 radical (unpaired) electrons. The number of hydrogen-bond acceptors (Lipinski definition) is 15. The second-order valence-corrected chi connectivity index (χ2v) is 29.2. The van der Waals surface area contributed by atoms with Gasteiger partial charge < -0.3 is 33.8 Å². The summed E-state index contributed by atoms with van der Waals surface area (Å²) in [6.45, 7) is 4.73. The Morgan fingerprint density at radius 1 is 0.296 bits per heavy atom. The van der Waals surface area contributed by atoms with Crippen LogP contribution in [0.25, 0.3) is 0 Å². The van der Waals surface area contributed by atoms with Crippen molar-refractivity contribution in [1.29, 1.82) is 0 Å². The summed E-state index contributed by atoms with van der Waals surface area (Å²) in [6, 6.07) is 0. The van der Waals surface area contributed by atoms with E-state index in [9.17, 15) is 43.2 Å². The van der Waals surface area contributed by atoms with Gasteiger partial charge in [-0.2, -0.15) is 0 Å². The number of allylic oxidation sites excluding steroid dienone is 12. The summed E-state index contributed by atoms with van der Waals surface area (Å²) in [5.41, 5.74) is 0. The predicted molar refractivity (Wildman–Crippen MR) is 400 cm³/mol. The zero-order chi connectivity index (χ0) is 71.8. The molecule has 0 aromatic carbocycles. The molecule has 0 spiro atoms. The largest absolute Gasteiger partial charge is 0.472 e. The lowest BCUT2D eigenvalue weighted by molar-refractivity contribution is -0.161. The molecule has 17 nitrogen and oxygen atoms in total. The molecule has 0 aromatic rings. The first-order chi connectivity index (χ1) is 47.7. The zero-order valence-corrected chi connectivity index (χ0v) is 64.0. The van der Waals surface area contributed by atoms with Crippen molar-refractivity contribution in [3.63, 3.8) is 0 Å². The molecule has 0 aliphatic rings. The fraction of sp³-hybridized carbons (Fsp3) is 0.797. The maximum absolute atomic E-state index is 13.1. The molecule has 19 heteroatoms. The first-order valence-electron chi connectivity index (χ1n) is 39.2. The normalized spacial score (nSPS) is 14.3. The van der Waals surface area contributed by atoms with Gasteiger partial charge in [-0.05, 0) is 64.2 Å². The van der Waals surface area contributed by atoms with E-state index in [1.807, 2.05) is 12.2 Å². The number of carbonyl (C=O) groups is 4. The smallest absolute Gasteiger partial charge is 0.462 e. The highest BCUT2D eigenvalue weighted by molar-refractivity contribution is 7.47. The molecule has 5 unspecified atom stereocenters. The molecule has 0 amide bonds. The molecular formula is C79H142O17P2. The topological polar surface area (TPSA) is 237 Å². The van der Waals surface area contributed by atoms with Gasteiger partial charge in [0.2, 0.25) is 0 Å². The number of phosphoric acid groups is 2. The van der Waals surface area contributed by atoms with Gasteiger partial charge in [0, 0.05) is 25.7 Å². The second kappa shape index (κ2) is 71.9. The monoisotopic (exact) mass is 1420 g/mol. The van der Waals surface area contributed by atoms with Gasteiger partial charge >= 0.3 is 39.5 Å². The SMILES string of the molecule is CC/C=C\C/C=C\C/C=C\C/C=C\C/C=C\C/C=C\CCC(=O)OCC(COP(=O)(O)OCC(O)COP(=O)(O)OCC(COC(=O)CCCCCCCCCCCCCCC)OC(=O)CCCCCCCCCCCCCCC)OC(=O)CCCCCCCCCCCCCCC. The van der Waals surface area contributed by atoms with Gasteiger partial charge in [-0.25, -0.2) is 9.13 Å². The molecule has 570 valence electrons. The number of unbranched alkanes of at least 4 members (excludes halogenated alkanes) is 36. The van der Waals surface area contributed by atoms with Crippen LogP contribution in [-0.4, -0.2) is 96.7 Å². The van der Waals surface area contributed by atoms with E-state index in [-0.39, 0.29) is 25.7 Å². The molecule has 0 aliphatic heterocycles. The van der Waals surface area contributed by atoms with Crippen molar-refractivity contribution in [2.24, 2.45) is 0 Å². The van der Waals surface area contributed by atoms with Crippen molar-refractivity contribution < 1.29 is 80.2 Å². The van der Waals surface area contributed by atoms with Crippen LogP contribution in [0, 0.1) is 0 Å². The van der Waals surface area contributed by atoms with Crippen LogP contribution in [0.4, 0.5) is 0 Å². The lowest BCUT2D eigenvalue weighted by Gasteiger charge is -2.21. The van der Waals surface area contributed by atoms with Crippen LogP contribution in [0.2, 0.25) is 0 Å². The summed E-state index contributed by atoms with van der Waals surface area (Å²) in [7, 11) is -9.95. The standard InChI is InChI=1S/C79H142O17P2/c1-5-9-13-17-21-25-29-33-34-35-36-37-38-42-44-48-52-56-60-64-77(82)90-70-75(96-79(84)66-62-58-54-50-46-41-32-28-24-20-16-12-8-4)72-94-98(87,88)92-68-73(80)67-91-97(85,86)93-71-74(95-78(83)65-61-57-53-49-45-40-31-27-23-19-15-11-7-3)69-89-76(81)63-59-55-51-47-43-39-30-26-22-18-14-10-6-2/h9,13,21,25,33-34,36-37,42,44,52,56,73-75,80H,5-8,10-12,14-20,22-24,26-32,35,38-41,43,45-51,53-55,57-72H2,1-4H3,(H,85,86)(H,87,88)/b13-9-,25-21-,34-33-,37-36-,44-42-,56-52-. The maximum Gasteiger partial charge on any atom is 0.472 e. The number of aliphatic hydroxyl groups is 1. The molecule has 0 rings (SSSR count). The van der Waals surface area contributed by atoms with E-state index in [2.05, 4.69) is 88.5 Å². The fourth-order valence-electron chi connectivity index (χ4n) is 10.8. The van der Waals surface area contributed by atoms with Gasteiger partial charge in [-0.15, -0.1) is 0 Å². The third-order valence-corrected chi connectivity index (χ3v) is 18.6. The Hall–Kier alpha value is -3.50. The molecule has 0 aromatic heterocycles. The van der Waals surface area contributed by atoms with Crippen molar-refractivity contribution in [3.05, 3.63) is 72.9 Å². The van der Waals surface area contributed by atoms with Gasteiger partial charge in [0.25, 0.3) is 0 Å². The number of phosphoric ester groups is 2. The second-order valence-electron chi connectivity index (χ2n) is 26.3. The van der Waals surface area contributed by atoms with E-state index in [4.69, 9.17) is 37.0 Å². The lowest BCUT2D eigenvalue weighted by atomic mass is 10.0. The van der Waals surface area contributed by atoms with Crippen LogP contribution >= 0.6 is 15.6 Å². The molecule has 0 saturated carbocycles. The van der Waals surface area contributed by atoms with Gasteiger partial charge in [-0.1, -0.05) is 332 Å². The predicted octanol–water partition coefficient (Wildman–Crippen LogP) is 22.4. The van der Waals surface area contributed by atoms with Gasteiger partial charge in [0.1, 0.15) is 19.3 Å². The Morgan fingerprint density at radius 3 is 0.816 bits per heavy atom. The Balaban J connectivity index is 5.35. The van der Waals surface area contributed by atoms with Crippen molar-refractivity contribution in [2.75, 3.05) is 39.6 Å². The third kappa shape index (κ3) is 70.9. The van der Waals surface area contributed by atoms with Crippen molar-refractivity contribution >= 4 is 39.5 Å². The Morgan fingerprint density at radius 2 is 0.531 bits per heavy atom. The van der Waals surface area contributed by atoms with E-state index in [0.29, 0.717) is 32.1 Å². The summed E-state index contributed by atoms with van der Waals surface area (Å²) in [4.78, 5) is 72.8. The minimum atomic E-state index is -4.98. The highest BCUT2D eigenvalue weighted by atomic mass is 31.2. The molecule has 0 aliphatic carbocycles. The fourth-order valence-corrected chi connectivity index (χ4v) is 12.4. The Bertz CT molecular complexity index is 2140. The number of aliphatic hydroxyl groups excluding tert-OH is 1. The van der Waals surface area contributed by atoms with Crippen LogP contribution in [0.3, 0.4) is 0 Å². The molecule has 0 heterocycles. The summed E-state index contributed by atoms with van der Waals surface area (Å²) < 4.78 is 68.4. The van der Waals surface area contributed by atoms with Crippen molar-refractivity contribution in [3.8, 4) is 0 Å². The van der Waals surface area contributed by atoms with E-state index < -0.39 is 97.5 Å². The van der Waals surface area contributed by atoms with E-state index in [0.717, 1.165) is 103 Å². The van der Waals surface area contributed by atoms with Crippen molar-refractivity contribution in [1.82, 2.24) is 0 Å². The minimum Gasteiger partial charge on any atom is -0.462 e. The summed E-state index contributed by atoms with van der Waals surface area (Å²) in [5.74, 6) is -2.24. The quantitative estimate of drug-likeness (QED) is 0.0169. The summed E-state index contributed by atoms with van der Waals surface area (Å²) in [5, 5.41) is 10.6. The third-order valence-electron chi connectivity index (χ3n) is 16.7. The number of carbonyl (C=O) groups excluding carboxylic acids is 4. The van der Waals surface area contributed by atoms with E-state index in [1.165, 1.54) is 161 Å². The number of hydrogen-bond donors (Lipinski definition) is 3. The van der Waals surface area contributed by atoms with E-state index in [1.54, 1.807) is 0 Å². The number of esters is 4. The Kier molecular flexibility index (Phi) is 69.3. The van der Waals surface area contributed by atoms with Gasteiger partial charge in [0.05, 0.1) is 26.4 Å². The highest BCUT2D eigenvalue weighted by Gasteiger charge is 2.30. The van der Waals surface area contributed by atoms with Crippen molar-refractivity contribution in [2.45, 2.75) is 367 Å². The van der Waals surface area contributed by atoms with Gasteiger partial charge in [0.15, 0.2) is 12.2 Å². The summed E-state index contributed by atoms with van der Waals surface area (Å²) in [6.07, 6.45) is 71.9. The molecular weight excluding hydrogens is 1280 g/mol. The van der Waals surface area contributed by atoms with Crippen LogP contribution in [0.5, 0.6) is 0 Å². The van der Waals surface area contributed by atoms with E-state index >= 15 is 0 Å². The minimum absolute atomic E-state index is 0.0403. The average molecular weight is 1430 g/mol. The molecule has 0 bridgehead atoms. The van der Waals surface area contributed by atoms with Crippen LogP contribution in [-0.2, 0) is 65.4 Å².